The van der Waals surface area contributed by atoms with E-state index in [0.29, 0.717) is 6.61 Å². The number of hydrogen-bond donors (Lipinski definition) is 2. The van der Waals surface area contributed by atoms with Gasteiger partial charge in [-0.2, -0.15) is 0 Å². The summed E-state index contributed by atoms with van der Waals surface area (Å²) in [6, 6.07) is 6.74. The third kappa shape index (κ3) is 2.49. The summed E-state index contributed by atoms with van der Waals surface area (Å²) in [6.07, 6.45) is 4.15. The maximum atomic E-state index is 5.23. The number of H-pyrrole nitrogens is 1. The first-order valence-corrected chi connectivity index (χ1v) is 6.84. The van der Waals surface area contributed by atoms with E-state index in [4.69, 9.17) is 4.74 Å². The molecule has 2 rings (SSSR count). The van der Waals surface area contributed by atoms with Gasteiger partial charge in [0.05, 0.1) is 12.6 Å². The van der Waals surface area contributed by atoms with Crippen LogP contribution in [0.2, 0.25) is 0 Å². The van der Waals surface area contributed by atoms with Crippen molar-refractivity contribution in [3.8, 4) is 0 Å². The fraction of sp³-hybridized carbons (Fsp3) is 0.385. The van der Waals surface area contributed by atoms with Crippen LogP contribution < -0.4 is 5.32 Å². The van der Waals surface area contributed by atoms with Gasteiger partial charge in [0.2, 0.25) is 0 Å². The Hall–Kier alpha value is -0.970. The molecular formula is C13H18N2OS. The Morgan fingerprint density at radius 3 is 2.94 bits per heavy atom. The number of likely N-dealkylation sites (N-methyl/N-ethyl adjacent to an activating group) is 1. The van der Waals surface area contributed by atoms with E-state index in [1.165, 1.54) is 21.4 Å². The smallest absolute Gasteiger partial charge is 0.0658 e. The number of nitrogens with one attached hydrogen (secondary N) is 2. The van der Waals surface area contributed by atoms with Gasteiger partial charge >= 0.3 is 0 Å². The largest absolute Gasteiger partial charge is 0.383 e. The zero-order chi connectivity index (χ0) is 12.3. The van der Waals surface area contributed by atoms with Crippen LogP contribution in [-0.4, -0.2) is 32.0 Å². The number of thioether (sulfide) groups is 1. The highest BCUT2D eigenvalue weighted by Gasteiger charge is 2.13. The van der Waals surface area contributed by atoms with E-state index < -0.39 is 0 Å². The number of ether oxygens (including phenoxy) is 1. The van der Waals surface area contributed by atoms with Gasteiger partial charge < -0.3 is 15.0 Å². The molecule has 0 aliphatic heterocycles. The van der Waals surface area contributed by atoms with E-state index in [1.54, 1.807) is 18.9 Å². The summed E-state index contributed by atoms with van der Waals surface area (Å²) < 4.78 is 5.23. The zero-order valence-electron chi connectivity index (χ0n) is 10.4. The maximum Gasteiger partial charge on any atom is 0.0658 e. The minimum Gasteiger partial charge on any atom is -0.383 e. The van der Waals surface area contributed by atoms with Crippen LogP contribution in [0.3, 0.4) is 0 Å². The van der Waals surface area contributed by atoms with Crippen molar-refractivity contribution in [1.29, 1.82) is 0 Å². The van der Waals surface area contributed by atoms with Crippen LogP contribution in [0, 0.1) is 0 Å². The molecule has 0 saturated heterocycles. The molecule has 1 aromatic carbocycles. The van der Waals surface area contributed by atoms with Crippen LogP contribution in [0.1, 0.15) is 11.6 Å². The van der Waals surface area contributed by atoms with Crippen molar-refractivity contribution in [2.75, 3.05) is 27.0 Å². The quantitative estimate of drug-likeness (QED) is 0.801. The Morgan fingerprint density at radius 2 is 2.29 bits per heavy atom. The van der Waals surface area contributed by atoms with Crippen molar-refractivity contribution in [2.24, 2.45) is 0 Å². The first-order chi connectivity index (χ1) is 8.30. The van der Waals surface area contributed by atoms with Crippen LogP contribution in [0.5, 0.6) is 0 Å². The first-order valence-electron chi connectivity index (χ1n) is 5.61. The topological polar surface area (TPSA) is 37.0 Å². The highest BCUT2D eigenvalue weighted by Crippen LogP contribution is 2.27. The van der Waals surface area contributed by atoms with Gasteiger partial charge in [-0.15, -0.1) is 11.8 Å². The molecule has 92 valence electrons. The van der Waals surface area contributed by atoms with Crippen LogP contribution >= 0.6 is 11.8 Å². The average Bonchev–Trinajstić information content (AvgIpc) is 2.78. The summed E-state index contributed by atoms with van der Waals surface area (Å²) in [4.78, 5) is 4.60. The van der Waals surface area contributed by atoms with Crippen molar-refractivity contribution in [2.45, 2.75) is 10.9 Å². The molecule has 1 heterocycles. The molecule has 0 fully saturated rings. The van der Waals surface area contributed by atoms with Crippen LogP contribution in [0.25, 0.3) is 10.9 Å². The maximum absolute atomic E-state index is 5.23. The molecular weight excluding hydrogens is 232 g/mol. The minimum absolute atomic E-state index is 0.230. The molecule has 3 nitrogen and oxygen atoms in total. The Labute approximate surface area is 106 Å². The molecule has 0 aliphatic rings. The monoisotopic (exact) mass is 250 g/mol. The lowest BCUT2D eigenvalue weighted by molar-refractivity contribution is 0.171. The summed E-state index contributed by atoms with van der Waals surface area (Å²) in [5.41, 5.74) is 2.44. The standard InChI is InChI=1S/C13H18N2OS/c1-14-13(8-16-2)11-7-15-12-6-9(17-3)4-5-10(11)12/h4-7,13-15H,8H2,1-3H3. The fourth-order valence-corrected chi connectivity index (χ4v) is 2.48. The average molecular weight is 250 g/mol. The second-order valence-corrected chi connectivity index (χ2v) is 4.83. The molecule has 1 atom stereocenters. The van der Waals surface area contributed by atoms with Gasteiger partial charge in [-0.3, -0.25) is 0 Å². The second-order valence-electron chi connectivity index (χ2n) is 3.95. The highest BCUT2D eigenvalue weighted by atomic mass is 32.2. The van der Waals surface area contributed by atoms with Crippen molar-refractivity contribution in [3.63, 3.8) is 0 Å². The molecule has 2 aromatic rings. The lowest BCUT2D eigenvalue weighted by Crippen LogP contribution is -2.20. The number of aromatic amines is 1. The number of aromatic nitrogens is 1. The number of fused-ring (bicyclic) bond motifs is 1. The zero-order valence-corrected chi connectivity index (χ0v) is 11.2. The fourth-order valence-electron chi connectivity index (χ4n) is 2.04. The number of hydrogen-bond acceptors (Lipinski definition) is 3. The van der Waals surface area contributed by atoms with Gasteiger partial charge in [-0.05, 0) is 31.0 Å². The van der Waals surface area contributed by atoms with Gasteiger partial charge in [-0.25, -0.2) is 0 Å². The van der Waals surface area contributed by atoms with Gasteiger partial charge in [-0.1, -0.05) is 6.07 Å². The predicted octanol–water partition coefficient (Wildman–Crippen LogP) is 2.80. The summed E-state index contributed by atoms with van der Waals surface area (Å²) in [5, 5.41) is 4.54. The lowest BCUT2D eigenvalue weighted by Gasteiger charge is -2.14. The highest BCUT2D eigenvalue weighted by molar-refractivity contribution is 7.98. The van der Waals surface area contributed by atoms with Gasteiger partial charge in [0.1, 0.15) is 0 Å². The van der Waals surface area contributed by atoms with Crippen molar-refractivity contribution in [1.82, 2.24) is 10.3 Å². The molecule has 17 heavy (non-hydrogen) atoms. The molecule has 1 unspecified atom stereocenters. The molecule has 0 bridgehead atoms. The molecule has 0 spiro atoms. The molecule has 1 aromatic heterocycles. The third-order valence-electron chi connectivity index (χ3n) is 2.98. The third-order valence-corrected chi connectivity index (χ3v) is 3.70. The first kappa shape index (κ1) is 12.5. The molecule has 2 N–H and O–H groups in total. The predicted molar refractivity (Wildman–Crippen MR) is 73.8 cm³/mol. The number of rotatable bonds is 5. The molecule has 0 radical (unpaired) electrons. The lowest BCUT2D eigenvalue weighted by atomic mass is 10.1. The van der Waals surface area contributed by atoms with Crippen LogP contribution in [0.15, 0.2) is 29.3 Å². The molecule has 0 aliphatic carbocycles. The summed E-state index contributed by atoms with van der Waals surface area (Å²) in [7, 11) is 3.68. The van der Waals surface area contributed by atoms with Crippen molar-refractivity contribution < 1.29 is 4.74 Å². The van der Waals surface area contributed by atoms with Crippen molar-refractivity contribution >= 4 is 22.7 Å². The van der Waals surface area contributed by atoms with E-state index in [2.05, 4.69) is 41.0 Å². The number of methoxy groups -OCH3 is 1. The Kier molecular flexibility index (Phi) is 4.10. The summed E-state index contributed by atoms with van der Waals surface area (Å²) >= 11 is 1.76. The second kappa shape index (κ2) is 5.58. The van der Waals surface area contributed by atoms with Crippen LogP contribution in [0.4, 0.5) is 0 Å². The SMILES string of the molecule is CNC(COC)c1c[nH]c2cc(SC)ccc12. The van der Waals surface area contributed by atoms with E-state index in [9.17, 15) is 0 Å². The molecule has 4 heteroatoms. The molecule has 0 saturated carbocycles. The van der Waals surface area contributed by atoms with Gasteiger partial charge in [0.15, 0.2) is 0 Å². The van der Waals surface area contributed by atoms with Gasteiger partial charge in [0.25, 0.3) is 0 Å². The molecule has 0 amide bonds. The Balaban J connectivity index is 2.41. The van der Waals surface area contributed by atoms with Crippen molar-refractivity contribution in [3.05, 3.63) is 30.0 Å². The Bertz CT molecular complexity index is 495. The number of benzene rings is 1. The van der Waals surface area contributed by atoms with Gasteiger partial charge in [0, 0.05) is 29.1 Å². The minimum atomic E-state index is 0.230. The van der Waals surface area contributed by atoms with Crippen LogP contribution in [-0.2, 0) is 4.74 Å². The normalized spacial score (nSPS) is 13.1. The summed E-state index contributed by atoms with van der Waals surface area (Å²) in [6.45, 7) is 0.674. The van der Waals surface area contributed by atoms with E-state index in [-0.39, 0.29) is 6.04 Å². The van der Waals surface area contributed by atoms with E-state index >= 15 is 0 Å². The summed E-state index contributed by atoms with van der Waals surface area (Å²) in [5.74, 6) is 0. The van der Waals surface area contributed by atoms with E-state index in [0.717, 1.165) is 0 Å². The van der Waals surface area contributed by atoms with E-state index in [1.807, 2.05) is 7.05 Å². The Morgan fingerprint density at radius 1 is 1.47 bits per heavy atom.